The van der Waals surface area contributed by atoms with Gasteiger partial charge >= 0.3 is 0 Å². The molecule has 3 unspecified atom stereocenters. The van der Waals surface area contributed by atoms with Crippen LogP contribution in [0.4, 0.5) is 4.39 Å². The first kappa shape index (κ1) is 14.3. The summed E-state index contributed by atoms with van der Waals surface area (Å²) in [6, 6.07) is 5.87. The van der Waals surface area contributed by atoms with Crippen molar-refractivity contribution in [3.8, 4) is 0 Å². The van der Waals surface area contributed by atoms with E-state index in [0.717, 1.165) is 18.0 Å². The molecule has 2 fully saturated rings. The lowest BCUT2D eigenvalue weighted by Crippen LogP contribution is -2.40. The van der Waals surface area contributed by atoms with E-state index in [9.17, 15) is 4.39 Å². The Morgan fingerprint density at radius 3 is 2.85 bits per heavy atom. The predicted molar refractivity (Wildman–Crippen MR) is 80.3 cm³/mol. The predicted octanol–water partition coefficient (Wildman–Crippen LogP) is 3.74. The fourth-order valence-corrected chi connectivity index (χ4v) is 4.13. The second-order valence-electron chi connectivity index (χ2n) is 6.06. The van der Waals surface area contributed by atoms with Gasteiger partial charge in [-0.3, -0.25) is 4.90 Å². The van der Waals surface area contributed by atoms with Gasteiger partial charge in [0.1, 0.15) is 5.82 Å². The van der Waals surface area contributed by atoms with Gasteiger partial charge in [0.2, 0.25) is 0 Å². The van der Waals surface area contributed by atoms with E-state index in [2.05, 4.69) is 4.90 Å². The van der Waals surface area contributed by atoms with E-state index in [4.69, 9.17) is 17.3 Å². The third-order valence-electron chi connectivity index (χ3n) is 5.01. The summed E-state index contributed by atoms with van der Waals surface area (Å²) in [5, 5.41) is 0.182. The van der Waals surface area contributed by atoms with Gasteiger partial charge in [-0.15, -0.1) is 0 Å². The van der Waals surface area contributed by atoms with E-state index in [1.165, 1.54) is 32.1 Å². The number of fused-ring (bicyclic) bond motifs is 1. The maximum Gasteiger partial charge on any atom is 0.142 e. The van der Waals surface area contributed by atoms with Crippen LogP contribution in [0.15, 0.2) is 18.2 Å². The summed E-state index contributed by atoms with van der Waals surface area (Å²) in [5.41, 5.74) is 6.96. The molecule has 0 amide bonds. The topological polar surface area (TPSA) is 29.3 Å². The van der Waals surface area contributed by atoms with Crippen LogP contribution < -0.4 is 5.73 Å². The Kier molecular flexibility index (Phi) is 4.29. The fraction of sp³-hybridized carbons (Fsp3) is 0.625. The molecule has 1 aromatic rings. The third-order valence-corrected chi connectivity index (χ3v) is 5.31. The molecule has 2 nitrogen and oxygen atoms in total. The van der Waals surface area contributed by atoms with Gasteiger partial charge in [0.25, 0.3) is 0 Å². The lowest BCUT2D eigenvalue weighted by Gasteiger charge is -2.37. The fourth-order valence-electron chi connectivity index (χ4n) is 4.01. The second-order valence-corrected chi connectivity index (χ2v) is 6.47. The summed E-state index contributed by atoms with van der Waals surface area (Å²) in [7, 11) is 0. The minimum Gasteiger partial charge on any atom is -0.329 e. The first-order valence-electron chi connectivity index (χ1n) is 7.61. The molecular weight excluding hydrogens is 275 g/mol. The van der Waals surface area contributed by atoms with Gasteiger partial charge in [0.05, 0.1) is 5.02 Å². The number of likely N-dealkylation sites (tertiary alicyclic amines) is 1. The van der Waals surface area contributed by atoms with Crippen molar-refractivity contribution >= 4 is 11.6 Å². The standard InChI is InChI=1S/C16H22ClFN2/c17-13-6-5-12(9-14(13)18)16(10-19)20-8-7-11-3-1-2-4-15(11)20/h5-6,9,11,15-16H,1-4,7-8,10,19H2. The van der Waals surface area contributed by atoms with Crippen molar-refractivity contribution in [3.63, 3.8) is 0 Å². The maximum atomic E-state index is 13.7. The van der Waals surface area contributed by atoms with Crippen molar-refractivity contribution < 1.29 is 4.39 Å². The molecule has 0 bridgehead atoms. The zero-order chi connectivity index (χ0) is 14.1. The highest BCUT2D eigenvalue weighted by Gasteiger charge is 2.39. The summed E-state index contributed by atoms with van der Waals surface area (Å²) in [4.78, 5) is 2.51. The number of nitrogens with two attached hydrogens (primary N) is 1. The van der Waals surface area contributed by atoms with Gasteiger partial charge in [-0.2, -0.15) is 0 Å². The van der Waals surface area contributed by atoms with Crippen LogP contribution in [0, 0.1) is 11.7 Å². The van der Waals surface area contributed by atoms with Crippen molar-refractivity contribution in [2.24, 2.45) is 11.7 Å². The second kappa shape index (κ2) is 6.00. The van der Waals surface area contributed by atoms with Crippen LogP contribution in [0.1, 0.15) is 43.7 Å². The van der Waals surface area contributed by atoms with Gasteiger partial charge in [0, 0.05) is 18.6 Å². The number of nitrogens with zero attached hydrogens (tertiary/aromatic N) is 1. The molecule has 1 aliphatic heterocycles. The molecular formula is C16H22ClFN2. The Bertz CT molecular complexity index is 480. The van der Waals surface area contributed by atoms with E-state index in [1.54, 1.807) is 12.1 Å². The highest BCUT2D eigenvalue weighted by molar-refractivity contribution is 6.30. The van der Waals surface area contributed by atoms with Crippen LogP contribution in [0.25, 0.3) is 0 Å². The SMILES string of the molecule is NCC(c1ccc(Cl)c(F)c1)N1CCC2CCCCC21. The monoisotopic (exact) mass is 296 g/mol. The summed E-state index contributed by atoms with van der Waals surface area (Å²) < 4.78 is 13.7. The number of hydrogen-bond acceptors (Lipinski definition) is 2. The minimum absolute atomic E-state index is 0.120. The van der Waals surface area contributed by atoms with Crippen molar-refractivity contribution in [2.45, 2.75) is 44.2 Å². The van der Waals surface area contributed by atoms with Crippen LogP contribution in [-0.4, -0.2) is 24.0 Å². The van der Waals surface area contributed by atoms with Crippen molar-refractivity contribution in [1.82, 2.24) is 4.90 Å². The Morgan fingerprint density at radius 1 is 1.30 bits per heavy atom. The van der Waals surface area contributed by atoms with Crippen LogP contribution in [0.3, 0.4) is 0 Å². The number of rotatable bonds is 3. The summed E-state index contributed by atoms with van der Waals surface area (Å²) in [6.45, 7) is 1.62. The van der Waals surface area contributed by atoms with Crippen molar-refractivity contribution in [1.29, 1.82) is 0 Å². The van der Waals surface area contributed by atoms with E-state index < -0.39 is 0 Å². The van der Waals surface area contributed by atoms with Crippen LogP contribution in [-0.2, 0) is 0 Å². The van der Waals surface area contributed by atoms with Gasteiger partial charge in [-0.1, -0.05) is 30.5 Å². The number of halogens is 2. The molecule has 3 rings (SSSR count). The maximum absolute atomic E-state index is 13.7. The molecule has 20 heavy (non-hydrogen) atoms. The van der Waals surface area contributed by atoms with Gasteiger partial charge < -0.3 is 5.73 Å². The lowest BCUT2D eigenvalue weighted by molar-refractivity contribution is 0.135. The smallest absolute Gasteiger partial charge is 0.142 e. The van der Waals surface area contributed by atoms with Gasteiger partial charge in [-0.05, 0) is 49.4 Å². The first-order valence-corrected chi connectivity index (χ1v) is 7.99. The molecule has 1 heterocycles. The average molecular weight is 297 g/mol. The Morgan fingerprint density at radius 2 is 2.10 bits per heavy atom. The van der Waals surface area contributed by atoms with Gasteiger partial charge in [0.15, 0.2) is 0 Å². The largest absolute Gasteiger partial charge is 0.329 e. The molecule has 1 saturated heterocycles. The molecule has 0 radical (unpaired) electrons. The normalized spacial score (nSPS) is 28.4. The van der Waals surface area contributed by atoms with E-state index in [0.29, 0.717) is 12.6 Å². The van der Waals surface area contributed by atoms with Crippen LogP contribution in [0.5, 0.6) is 0 Å². The summed E-state index contributed by atoms with van der Waals surface area (Å²) in [5.74, 6) is 0.469. The van der Waals surface area contributed by atoms with Crippen molar-refractivity contribution in [2.75, 3.05) is 13.1 Å². The third kappa shape index (κ3) is 2.59. The quantitative estimate of drug-likeness (QED) is 0.920. The molecule has 1 saturated carbocycles. The number of hydrogen-bond donors (Lipinski definition) is 1. The molecule has 0 aromatic heterocycles. The zero-order valence-electron chi connectivity index (χ0n) is 11.7. The molecule has 2 aliphatic rings. The van der Waals surface area contributed by atoms with Crippen LogP contribution in [0.2, 0.25) is 5.02 Å². The summed E-state index contributed by atoms with van der Waals surface area (Å²) in [6.07, 6.45) is 6.53. The lowest BCUT2D eigenvalue weighted by atomic mass is 9.84. The van der Waals surface area contributed by atoms with E-state index >= 15 is 0 Å². The Labute approximate surface area is 125 Å². The molecule has 2 N–H and O–H groups in total. The molecule has 0 spiro atoms. The number of benzene rings is 1. The van der Waals surface area contributed by atoms with Crippen molar-refractivity contribution in [3.05, 3.63) is 34.6 Å². The van der Waals surface area contributed by atoms with Crippen LogP contribution >= 0.6 is 11.6 Å². The zero-order valence-corrected chi connectivity index (χ0v) is 12.5. The highest BCUT2D eigenvalue weighted by Crippen LogP contribution is 2.40. The first-order chi connectivity index (χ1) is 9.70. The molecule has 1 aliphatic carbocycles. The molecule has 1 aromatic carbocycles. The van der Waals surface area contributed by atoms with Gasteiger partial charge in [-0.25, -0.2) is 4.39 Å². The molecule has 110 valence electrons. The highest BCUT2D eigenvalue weighted by atomic mass is 35.5. The molecule has 3 atom stereocenters. The summed E-state index contributed by atoms with van der Waals surface area (Å²) >= 11 is 5.78. The Balaban J connectivity index is 1.84. The van der Waals surface area contributed by atoms with E-state index in [-0.39, 0.29) is 16.9 Å². The average Bonchev–Trinajstić information content (AvgIpc) is 2.88. The van der Waals surface area contributed by atoms with E-state index in [1.807, 2.05) is 6.07 Å². The molecule has 4 heteroatoms. The Hall–Kier alpha value is -0.640. The minimum atomic E-state index is -0.345.